The first-order chi connectivity index (χ1) is 6.85. The molecule has 0 unspecified atom stereocenters. The van der Waals surface area contributed by atoms with Crippen LogP contribution in [0.2, 0.25) is 0 Å². The van der Waals surface area contributed by atoms with E-state index < -0.39 is 0 Å². The molecule has 6 nitrogen and oxygen atoms in total. The molecule has 6 heteroatoms. The molecule has 4 N–H and O–H groups in total. The molecular weight excluding hydrogens is 180 g/mol. The van der Waals surface area contributed by atoms with E-state index in [4.69, 9.17) is 5.84 Å². The lowest BCUT2D eigenvalue weighted by Gasteiger charge is -2.06. The number of hydrogen-bond donors (Lipinski definition) is 3. The average molecular weight is 192 g/mol. The molecule has 0 fully saturated rings. The van der Waals surface area contributed by atoms with E-state index in [1.807, 2.05) is 17.5 Å². The predicted molar refractivity (Wildman–Crippen MR) is 55.0 cm³/mol. The largest absolute Gasteiger partial charge is 0.367 e. The minimum atomic E-state index is 0.603. The molecule has 14 heavy (non-hydrogen) atoms. The first-order valence-corrected chi connectivity index (χ1v) is 4.39. The van der Waals surface area contributed by atoms with Crippen molar-refractivity contribution in [2.75, 3.05) is 17.3 Å². The van der Waals surface area contributed by atoms with Crippen molar-refractivity contribution >= 4 is 17.3 Å². The van der Waals surface area contributed by atoms with Crippen molar-refractivity contribution in [3.63, 3.8) is 0 Å². The molecule has 0 atom stereocenters. The maximum Gasteiger partial charge on any atom is 0.180 e. The molecule has 2 heterocycles. The predicted octanol–water partition coefficient (Wildman–Crippen LogP) is 0.447. The zero-order valence-electron chi connectivity index (χ0n) is 7.86. The fraction of sp³-hybridized carbons (Fsp3) is 0.250. The monoisotopic (exact) mass is 192 g/mol. The number of imidazole rings is 1. The van der Waals surface area contributed by atoms with E-state index >= 15 is 0 Å². The quantitative estimate of drug-likeness (QED) is 0.486. The van der Waals surface area contributed by atoms with Gasteiger partial charge in [0.1, 0.15) is 0 Å². The van der Waals surface area contributed by atoms with Gasteiger partial charge in [-0.3, -0.25) is 0 Å². The third-order valence-electron chi connectivity index (χ3n) is 1.87. The Morgan fingerprint density at radius 2 is 2.43 bits per heavy atom. The molecule has 2 rings (SSSR count). The number of hydrazine groups is 1. The SMILES string of the molecule is CCNc1nc(NN)cn2ccnc12. The second-order valence-electron chi connectivity index (χ2n) is 2.81. The molecule has 0 aliphatic heterocycles. The third kappa shape index (κ3) is 1.35. The molecule has 0 bridgehead atoms. The lowest BCUT2D eigenvalue weighted by Crippen LogP contribution is -2.11. The van der Waals surface area contributed by atoms with Crippen molar-refractivity contribution in [2.45, 2.75) is 6.92 Å². The summed E-state index contributed by atoms with van der Waals surface area (Å²) < 4.78 is 1.86. The number of rotatable bonds is 3. The number of fused-ring (bicyclic) bond motifs is 1. The second kappa shape index (κ2) is 3.51. The molecule has 0 aliphatic carbocycles. The van der Waals surface area contributed by atoms with Crippen molar-refractivity contribution in [1.29, 1.82) is 0 Å². The molecule has 2 aromatic heterocycles. The molecule has 0 amide bonds. The van der Waals surface area contributed by atoms with Crippen LogP contribution < -0.4 is 16.6 Å². The highest BCUT2D eigenvalue weighted by atomic mass is 15.3. The van der Waals surface area contributed by atoms with Crippen LogP contribution in [0.1, 0.15) is 6.92 Å². The Bertz CT molecular complexity index is 434. The van der Waals surface area contributed by atoms with Crippen LogP contribution in [-0.4, -0.2) is 20.9 Å². The van der Waals surface area contributed by atoms with Gasteiger partial charge in [0.05, 0.1) is 6.20 Å². The Balaban J connectivity index is 2.58. The Morgan fingerprint density at radius 1 is 1.57 bits per heavy atom. The Morgan fingerprint density at radius 3 is 3.14 bits per heavy atom. The number of hydrogen-bond acceptors (Lipinski definition) is 5. The number of aromatic nitrogens is 3. The Kier molecular flexibility index (Phi) is 2.19. The summed E-state index contributed by atoms with van der Waals surface area (Å²) in [4.78, 5) is 8.43. The van der Waals surface area contributed by atoms with Crippen molar-refractivity contribution in [3.05, 3.63) is 18.6 Å². The lowest BCUT2D eigenvalue weighted by molar-refractivity contribution is 1.08. The van der Waals surface area contributed by atoms with Crippen LogP contribution in [0.3, 0.4) is 0 Å². The summed E-state index contributed by atoms with van der Waals surface area (Å²) in [5, 5.41) is 3.12. The summed E-state index contributed by atoms with van der Waals surface area (Å²) in [5.74, 6) is 6.63. The molecule has 74 valence electrons. The zero-order chi connectivity index (χ0) is 9.97. The molecular formula is C8H12N6. The smallest absolute Gasteiger partial charge is 0.180 e. The normalized spacial score (nSPS) is 10.4. The van der Waals surface area contributed by atoms with Gasteiger partial charge in [-0.25, -0.2) is 15.8 Å². The van der Waals surface area contributed by atoms with Gasteiger partial charge >= 0.3 is 0 Å². The molecule has 0 radical (unpaired) electrons. The maximum absolute atomic E-state index is 5.30. The van der Waals surface area contributed by atoms with Crippen molar-refractivity contribution in [3.8, 4) is 0 Å². The summed E-state index contributed by atoms with van der Waals surface area (Å²) >= 11 is 0. The number of nitrogen functional groups attached to an aromatic ring is 1. The van der Waals surface area contributed by atoms with Crippen LogP contribution in [0.5, 0.6) is 0 Å². The molecule has 0 aliphatic rings. The zero-order valence-corrected chi connectivity index (χ0v) is 7.86. The second-order valence-corrected chi connectivity index (χ2v) is 2.81. The number of nitrogens with zero attached hydrogens (tertiary/aromatic N) is 3. The van der Waals surface area contributed by atoms with E-state index in [-0.39, 0.29) is 0 Å². The lowest BCUT2D eigenvalue weighted by atomic mass is 10.5. The van der Waals surface area contributed by atoms with E-state index in [2.05, 4.69) is 20.7 Å². The van der Waals surface area contributed by atoms with Gasteiger partial charge in [0.25, 0.3) is 0 Å². The van der Waals surface area contributed by atoms with Crippen LogP contribution in [-0.2, 0) is 0 Å². The molecule has 2 aromatic rings. The molecule has 0 aromatic carbocycles. The van der Waals surface area contributed by atoms with Crippen molar-refractivity contribution in [1.82, 2.24) is 14.4 Å². The molecule has 0 spiro atoms. The fourth-order valence-corrected chi connectivity index (χ4v) is 1.29. The molecule has 0 saturated heterocycles. The van der Waals surface area contributed by atoms with E-state index in [1.54, 1.807) is 12.4 Å². The van der Waals surface area contributed by atoms with Crippen molar-refractivity contribution in [2.24, 2.45) is 5.84 Å². The van der Waals surface area contributed by atoms with Crippen LogP contribution >= 0.6 is 0 Å². The van der Waals surface area contributed by atoms with E-state index in [0.717, 1.165) is 18.0 Å². The molecule has 0 saturated carbocycles. The van der Waals surface area contributed by atoms with Gasteiger partial charge in [0.2, 0.25) is 0 Å². The summed E-state index contributed by atoms with van der Waals surface area (Å²) in [6.45, 7) is 2.80. The Hall–Kier alpha value is -1.82. The highest BCUT2D eigenvalue weighted by Gasteiger charge is 2.04. The topological polar surface area (TPSA) is 80.3 Å². The number of nitrogens with two attached hydrogens (primary N) is 1. The average Bonchev–Trinajstić information content (AvgIpc) is 2.66. The van der Waals surface area contributed by atoms with Crippen LogP contribution in [0.25, 0.3) is 5.65 Å². The van der Waals surface area contributed by atoms with Gasteiger partial charge < -0.3 is 15.1 Å². The van der Waals surface area contributed by atoms with Crippen LogP contribution in [0.4, 0.5) is 11.6 Å². The minimum absolute atomic E-state index is 0.603. The van der Waals surface area contributed by atoms with Gasteiger partial charge in [-0.05, 0) is 6.92 Å². The van der Waals surface area contributed by atoms with Crippen molar-refractivity contribution < 1.29 is 0 Å². The van der Waals surface area contributed by atoms with Gasteiger partial charge in [-0.15, -0.1) is 0 Å². The van der Waals surface area contributed by atoms with Crippen LogP contribution in [0, 0.1) is 0 Å². The number of nitrogens with one attached hydrogen (secondary N) is 2. The minimum Gasteiger partial charge on any atom is -0.367 e. The third-order valence-corrected chi connectivity index (χ3v) is 1.87. The summed E-state index contributed by atoms with van der Waals surface area (Å²) in [7, 11) is 0. The van der Waals surface area contributed by atoms with E-state index in [9.17, 15) is 0 Å². The summed E-state index contributed by atoms with van der Waals surface area (Å²) in [6, 6.07) is 0. The fourth-order valence-electron chi connectivity index (χ4n) is 1.29. The number of anilines is 2. The highest BCUT2D eigenvalue weighted by molar-refractivity contribution is 5.65. The maximum atomic E-state index is 5.30. The Labute approximate surface area is 81.1 Å². The van der Waals surface area contributed by atoms with Gasteiger partial charge in [0, 0.05) is 18.9 Å². The van der Waals surface area contributed by atoms with Gasteiger partial charge in [-0.1, -0.05) is 0 Å². The first-order valence-electron chi connectivity index (χ1n) is 4.39. The van der Waals surface area contributed by atoms with E-state index in [1.165, 1.54) is 0 Å². The first kappa shape index (κ1) is 8.76. The highest BCUT2D eigenvalue weighted by Crippen LogP contribution is 2.14. The van der Waals surface area contributed by atoms with Crippen LogP contribution in [0.15, 0.2) is 18.6 Å². The van der Waals surface area contributed by atoms with Gasteiger partial charge in [-0.2, -0.15) is 0 Å². The summed E-state index contributed by atoms with van der Waals surface area (Å²) in [5.41, 5.74) is 3.31. The summed E-state index contributed by atoms with van der Waals surface area (Å²) in [6.07, 6.45) is 5.35. The standard InChI is InChI=1S/C8H12N6/c1-2-10-7-8-11-3-4-14(8)5-6(12-7)13-9/h3-5,13H,2,9H2,1H3,(H,10,12). The van der Waals surface area contributed by atoms with Gasteiger partial charge in [0.15, 0.2) is 17.3 Å². The van der Waals surface area contributed by atoms with E-state index in [0.29, 0.717) is 5.82 Å².